The SMILES string of the molecule is CCOCCn1c(=NC(=O)c2ccccc2Br)sc2cc(Cl)cc(Cl)c21. The van der Waals surface area contributed by atoms with E-state index in [1.165, 1.54) is 11.3 Å². The van der Waals surface area contributed by atoms with Crippen LogP contribution in [0.15, 0.2) is 45.9 Å². The molecule has 3 aromatic rings. The highest BCUT2D eigenvalue weighted by atomic mass is 79.9. The van der Waals surface area contributed by atoms with E-state index in [2.05, 4.69) is 20.9 Å². The summed E-state index contributed by atoms with van der Waals surface area (Å²) in [6.45, 7) is 3.59. The lowest BCUT2D eigenvalue weighted by Gasteiger charge is -2.07. The third-order valence-corrected chi connectivity index (χ3v) is 5.88. The number of hydrogen-bond donors (Lipinski definition) is 0. The molecule has 0 aliphatic heterocycles. The van der Waals surface area contributed by atoms with Crippen LogP contribution in [-0.4, -0.2) is 23.7 Å². The van der Waals surface area contributed by atoms with Crippen molar-refractivity contribution in [1.29, 1.82) is 0 Å². The molecule has 0 radical (unpaired) electrons. The fourth-order valence-corrected chi connectivity index (χ4v) is 4.80. The number of aromatic nitrogens is 1. The lowest BCUT2D eigenvalue weighted by Crippen LogP contribution is -2.20. The molecule has 0 fully saturated rings. The van der Waals surface area contributed by atoms with Gasteiger partial charge >= 0.3 is 0 Å². The van der Waals surface area contributed by atoms with Gasteiger partial charge in [-0.05, 0) is 47.1 Å². The van der Waals surface area contributed by atoms with Crippen molar-refractivity contribution in [3.8, 4) is 0 Å². The van der Waals surface area contributed by atoms with Crippen LogP contribution in [0.25, 0.3) is 10.2 Å². The first-order valence-corrected chi connectivity index (χ1v) is 10.3. The molecule has 0 spiro atoms. The summed E-state index contributed by atoms with van der Waals surface area (Å²) in [5, 5.41) is 1.07. The standard InChI is InChI=1S/C18H15BrCl2N2O2S/c1-2-25-8-7-23-16-14(21)9-11(20)10-15(16)26-18(23)22-17(24)12-5-3-4-6-13(12)19/h3-6,9-10H,2,7-8H2,1H3. The normalized spacial score (nSPS) is 12.1. The number of rotatable bonds is 5. The molecular weight excluding hydrogens is 459 g/mol. The van der Waals surface area contributed by atoms with Crippen LogP contribution in [0, 0.1) is 0 Å². The molecular formula is C18H15BrCl2N2O2S. The average molecular weight is 474 g/mol. The second-order valence-corrected chi connectivity index (χ2v) is 8.07. The van der Waals surface area contributed by atoms with E-state index in [1.807, 2.05) is 29.7 Å². The van der Waals surface area contributed by atoms with Gasteiger partial charge < -0.3 is 9.30 Å². The molecule has 1 amide bonds. The summed E-state index contributed by atoms with van der Waals surface area (Å²) in [6.07, 6.45) is 0. The Morgan fingerprint density at radius 3 is 2.81 bits per heavy atom. The number of benzene rings is 2. The predicted octanol–water partition coefficient (Wildman–Crippen LogP) is 5.55. The van der Waals surface area contributed by atoms with Crippen LogP contribution >= 0.6 is 50.5 Å². The summed E-state index contributed by atoms with van der Waals surface area (Å²) in [7, 11) is 0. The van der Waals surface area contributed by atoms with E-state index in [0.717, 1.165) is 10.2 Å². The zero-order chi connectivity index (χ0) is 18.7. The highest BCUT2D eigenvalue weighted by molar-refractivity contribution is 9.10. The van der Waals surface area contributed by atoms with Crippen LogP contribution in [0.1, 0.15) is 17.3 Å². The van der Waals surface area contributed by atoms with E-state index >= 15 is 0 Å². The molecule has 2 aromatic carbocycles. The van der Waals surface area contributed by atoms with Crippen LogP contribution in [0.2, 0.25) is 10.0 Å². The quantitative estimate of drug-likeness (QED) is 0.456. The fraction of sp³-hybridized carbons (Fsp3) is 0.222. The molecule has 3 rings (SSSR count). The number of amides is 1. The number of nitrogens with zero attached hydrogens (tertiary/aromatic N) is 2. The number of carbonyl (C=O) groups excluding carboxylic acids is 1. The van der Waals surface area contributed by atoms with Gasteiger partial charge in [0, 0.05) is 22.6 Å². The second-order valence-electron chi connectivity index (χ2n) is 5.36. The molecule has 8 heteroatoms. The topological polar surface area (TPSA) is 43.6 Å². The van der Waals surface area contributed by atoms with Crippen molar-refractivity contribution in [2.75, 3.05) is 13.2 Å². The molecule has 0 unspecified atom stereocenters. The minimum atomic E-state index is -0.323. The molecule has 1 heterocycles. The smallest absolute Gasteiger partial charge is 0.280 e. The zero-order valence-electron chi connectivity index (χ0n) is 13.8. The molecule has 4 nitrogen and oxygen atoms in total. The Labute approximate surface area is 173 Å². The number of carbonyl (C=O) groups is 1. The zero-order valence-corrected chi connectivity index (χ0v) is 17.8. The molecule has 0 N–H and O–H groups in total. The van der Waals surface area contributed by atoms with Crippen molar-refractivity contribution in [1.82, 2.24) is 4.57 Å². The van der Waals surface area contributed by atoms with E-state index in [4.69, 9.17) is 27.9 Å². The van der Waals surface area contributed by atoms with Gasteiger partial charge in [-0.1, -0.05) is 46.7 Å². The third kappa shape index (κ3) is 4.21. The van der Waals surface area contributed by atoms with Crippen molar-refractivity contribution in [2.45, 2.75) is 13.5 Å². The predicted molar refractivity (Wildman–Crippen MR) is 110 cm³/mol. The van der Waals surface area contributed by atoms with Gasteiger partial charge in [0.25, 0.3) is 5.91 Å². The monoisotopic (exact) mass is 472 g/mol. The number of thiazole rings is 1. The van der Waals surface area contributed by atoms with E-state index in [-0.39, 0.29) is 5.91 Å². The molecule has 0 atom stereocenters. The number of ether oxygens (including phenoxy) is 1. The van der Waals surface area contributed by atoms with E-state index < -0.39 is 0 Å². The Kier molecular flexibility index (Phi) is 6.53. The van der Waals surface area contributed by atoms with Gasteiger partial charge in [-0.3, -0.25) is 4.79 Å². The summed E-state index contributed by atoms with van der Waals surface area (Å²) in [5.74, 6) is -0.323. The Balaban J connectivity index is 2.14. The van der Waals surface area contributed by atoms with E-state index in [1.54, 1.807) is 18.2 Å². The average Bonchev–Trinajstić information content (AvgIpc) is 2.92. The summed E-state index contributed by atoms with van der Waals surface area (Å²) < 4.78 is 8.95. The van der Waals surface area contributed by atoms with Crippen LogP contribution in [0.4, 0.5) is 0 Å². The van der Waals surface area contributed by atoms with Gasteiger partial charge in [0.2, 0.25) is 0 Å². The Hall–Kier alpha value is -1.18. The number of fused-ring (bicyclic) bond motifs is 1. The van der Waals surface area contributed by atoms with Gasteiger partial charge in [0.05, 0.1) is 27.4 Å². The van der Waals surface area contributed by atoms with E-state index in [9.17, 15) is 4.79 Å². The highest BCUT2D eigenvalue weighted by Crippen LogP contribution is 2.29. The highest BCUT2D eigenvalue weighted by Gasteiger charge is 2.14. The maximum absolute atomic E-state index is 12.7. The van der Waals surface area contributed by atoms with Crippen LogP contribution in [0.3, 0.4) is 0 Å². The van der Waals surface area contributed by atoms with Crippen LogP contribution in [0.5, 0.6) is 0 Å². The van der Waals surface area contributed by atoms with E-state index in [0.29, 0.717) is 44.6 Å². The van der Waals surface area contributed by atoms with Gasteiger partial charge in [-0.15, -0.1) is 0 Å². The molecule has 0 saturated carbocycles. The van der Waals surface area contributed by atoms with Gasteiger partial charge in [0.1, 0.15) is 0 Å². The van der Waals surface area contributed by atoms with Gasteiger partial charge in [-0.25, -0.2) is 0 Å². The van der Waals surface area contributed by atoms with Crippen LogP contribution in [-0.2, 0) is 11.3 Å². The Bertz CT molecular complexity index is 1030. The minimum Gasteiger partial charge on any atom is -0.380 e. The Morgan fingerprint density at radius 2 is 2.08 bits per heavy atom. The van der Waals surface area contributed by atoms with Gasteiger partial charge in [-0.2, -0.15) is 4.99 Å². The van der Waals surface area contributed by atoms with Crippen molar-refractivity contribution < 1.29 is 9.53 Å². The summed E-state index contributed by atoms with van der Waals surface area (Å²) >= 11 is 17.3. The maximum Gasteiger partial charge on any atom is 0.280 e. The second kappa shape index (κ2) is 8.67. The lowest BCUT2D eigenvalue weighted by atomic mass is 10.2. The molecule has 0 aliphatic rings. The van der Waals surface area contributed by atoms with Crippen molar-refractivity contribution in [3.63, 3.8) is 0 Å². The largest absolute Gasteiger partial charge is 0.380 e. The maximum atomic E-state index is 12.7. The fourth-order valence-electron chi connectivity index (χ4n) is 2.50. The third-order valence-electron chi connectivity index (χ3n) is 3.66. The van der Waals surface area contributed by atoms with Crippen molar-refractivity contribution in [3.05, 3.63) is 61.3 Å². The first-order valence-electron chi connectivity index (χ1n) is 7.91. The molecule has 26 heavy (non-hydrogen) atoms. The van der Waals surface area contributed by atoms with Crippen LogP contribution < -0.4 is 4.80 Å². The first kappa shape index (κ1) is 19.6. The number of hydrogen-bond acceptors (Lipinski definition) is 3. The summed E-state index contributed by atoms with van der Waals surface area (Å²) in [4.78, 5) is 17.5. The van der Waals surface area contributed by atoms with Crippen molar-refractivity contribution >= 4 is 66.6 Å². The minimum absolute atomic E-state index is 0.323. The number of halogens is 3. The molecule has 1 aromatic heterocycles. The lowest BCUT2D eigenvalue weighted by molar-refractivity contribution is 0.0996. The summed E-state index contributed by atoms with van der Waals surface area (Å²) in [5.41, 5.74) is 1.31. The van der Waals surface area contributed by atoms with Gasteiger partial charge in [0.15, 0.2) is 4.80 Å². The molecule has 0 bridgehead atoms. The molecule has 0 saturated heterocycles. The first-order chi connectivity index (χ1) is 12.5. The molecule has 0 aliphatic carbocycles. The van der Waals surface area contributed by atoms with Crippen molar-refractivity contribution in [2.24, 2.45) is 4.99 Å². The summed E-state index contributed by atoms with van der Waals surface area (Å²) in [6, 6.07) is 10.7. The molecule has 136 valence electrons. The Morgan fingerprint density at radius 1 is 1.31 bits per heavy atom.